The van der Waals surface area contributed by atoms with Crippen LogP contribution in [-0.2, 0) is 0 Å². The second-order valence-electron chi connectivity index (χ2n) is 3.55. The van der Waals surface area contributed by atoms with Crippen molar-refractivity contribution < 1.29 is 4.39 Å². The monoisotopic (exact) mass is 224 g/mol. The molecule has 1 aromatic rings. The van der Waals surface area contributed by atoms with E-state index in [1.807, 2.05) is 12.3 Å². The molecule has 0 unspecified atom stereocenters. The van der Waals surface area contributed by atoms with Crippen LogP contribution in [0.4, 0.5) is 4.39 Å². The molecule has 1 rings (SSSR count). The van der Waals surface area contributed by atoms with Crippen LogP contribution in [0.1, 0.15) is 31.7 Å². The number of rotatable bonds is 5. The molecular formula is C13H17FS. The summed E-state index contributed by atoms with van der Waals surface area (Å²) in [6.45, 7) is 6.23. The van der Waals surface area contributed by atoms with Crippen molar-refractivity contribution in [2.45, 2.75) is 31.1 Å². The van der Waals surface area contributed by atoms with E-state index >= 15 is 0 Å². The van der Waals surface area contributed by atoms with E-state index in [9.17, 15) is 4.39 Å². The molecule has 0 fully saturated rings. The highest BCUT2D eigenvalue weighted by Crippen LogP contribution is 2.29. The number of benzene rings is 1. The Labute approximate surface area is 95.6 Å². The van der Waals surface area contributed by atoms with Crippen molar-refractivity contribution in [2.24, 2.45) is 0 Å². The Morgan fingerprint density at radius 1 is 1.47 bits per heavy atom. The molecule has 2 heteroatoms. The van der Waals surface area contributed by atoms with Crippen molar-refractivity contribution in [3.8, 4) is 0 Å². The minimum Gasteiger partial charge on any atom is -0.207 e. The highest BCUT2D eigenvalue weighted by Gasteiger charge is 2.06. The first kappa shape index (κ1) is 12.3. The van der Waals surface area contributed by atoms with Crippen molar-refractivity contribution in [1.29, 1.82) is 0 Å². The largest absolute Gasteiger partial charge is 0.207 e. The Kier molecular flexibility index (Phi) is 4.89. The summed E-state index contributed by atoms with van der Waals surface area (Å²) in [6, 6.07) is 4.92. The van der Waals surface area contributed by atoms with Gasteiger partial charge in [0.1, 0.15) is 5.82 Å². The van der Waals surface area contributed by atoms with E-state index in [2.05, 4.69) is 13.5 Å². The van der Waals surface area contributed by atoms with Crippen molar-refractivity contribution in [3.63, 3.8) is 0 Å². The topological polar surface area (TPSA) is 0 Å². The van der Waals surface area contributed by atoms with Crippen LogP contribution in [0.5, 0.6) is 0 Å². The third kappa shape index (κ3) is 3.38. The smallest absolute Gasteiger partial charge is 0.124 e. The summed E-state index contributed by atoms with van der Waals surface area (Å²) in [6.07, 6.45) is 5.26. The van der Waals surface area contributed by atoms with Gasteiger partial charge in [-0.3, -0.25) is 0 Å². The van der Waals surface area contributed by atoms with Crippen molar-refractivity contribution in [3.05, 3.63) is 36.2 Å². The fourth-order valence-corrected chi connectivity index (χ4v) is 2.14. The maximum atomic E-state index is 13.0. The van der Waals surface area contributed by atoms with E-state index in [0.29, 0.717) is 0 Å². The highest BCUT2D eigenvalue weighted by atomic mass is 32.2. The summed E-state index contributed by atoms with van der Waals surface area (Å²) >= 11 is 1.57. The Bertz CT molecular complexity index is 344. The molecule has 0 aliphatic carbocycles. The molecule has 0 nitrogen and oxygen atoms in total. The van der Waals surface area contributed by atoms with E-state index < -0.39 is 0 Å². The SMILES string of the molecule is C=C(CCCC)c1ccc(F)cc1SC. The summed E-state index contributed by atoms with van der Waals surface area (Å²) in [5, 5.41) is 0. The quantitative estimate of drug-likeness (QED) is 0.650. The zero-order valence-corrected chi connectivity index (χ0v) is 10.2. The number of thioether (sulfide) groups is 1. The van der Waals surface area contributed by atoms with Gasteiger partial charge in [0, 0.05) is 4.90 Å². The summed E-state index contributed by atoms with van der Waals surface area (Å²) in [7, 11) is 0. The number of hydrogen-bond acceptors (Lipinski definition) is 1. The predicted octanol–water partition coefficient (Wildman–Crippen LogP) is 4.75. The van der Waals surface area contributed by atoms with Crippen LogP contribution in [0.25, 0.3) is 5.57 Å². The van der Waals surface area contributed by atoms with Gasteiger partial charge in [-0.05, 0) is 42.4 Å². The van der Waals surface area contributed by atoms with Gasteiger partial charge in [0.25, 0.3) is 0 Å². The van der Waals surface area contributed by atoms with Crippen molar-refractivity contribution in [2.75, 3.05) is 6.26 Å². The Balaban J connectivity index is 2.87. The van der Waals surface area contributed by atoms with Gasteiger partial charge in [0.05, 0.1) is 0 Å². The van der Waals surface area contributed by atoms with Gasteiger partial charge in [-0.15, -0.1) is 11.8 Å². The predicted molar refractivity (Wildman–Crippen MR) is 66.7 cm³/mol. The molecule has 0 saturated heterocycles. The van der Waals surface area contributed by atoms with Crippen LogP contribution in [0.2, 0.25) is 0 Å². The van der Waals surface area contributed by atoms with E-state index in [0.717, 1.165) is 35.3 Å². The Morgan fingerprint density at radius 3 is 2.80 bits per heavy atom. The Morgan fingerprint density at radius 2 is 2.20 bits per heavy atom. The molecule has 0 amide bonds. The van der Waals surface area contributed by atoms with Crippen LogP contribution in [0.3, 0.4) is 0 Å². The molecule has 0 aliphatic heterocycles. The Hall–Kier alpha value is -0.760. The van der Waals surface area contributed by atoms with Crippen LogP contribution >= 0.6 is 11.8 Å². The molecule has 0 N–H and O–H groups in total. The fourth-order valence-electron chi connectivity index (χ4n) is 1.48. The molecule has 82 valence electrons. The minimum absolute atomic E-state index is 0.175. The summed E-state index contributed by atoms with van der Waals surface area (Å²) < 4.78 is 13.0. The molecule has 0 heterocycles. The number of halogens is 1. The number of unbranched alkanes of at least 4 members (excludes halogenated alkanes) is 1. The van der Waals surface area contributed by atoms with Crippen LogP contribution in [-0.4, -0.2) is 6.26 Å². The average molecular weight is 224 g/mol. The normalized spacial score (nSPS) is 10.3. The maximum Gasteiger partial charge on any atom is 0.124 e. The van der Waals surface area contributed by atoms with Gasteiger partial charge in [-0.2, -0.15) is 0 Å². The third-order valence-electron chi connectivity index (χ3n) is 2.38. The molecule has 0 aliphatic rings. The molecule has 1 aromatic carbocycles. The molecule has 0 atom stereocenters. The summed E-state index contributed by atoms with van der Waals surface area (Å²) in [5.41, 5.74) is 2.21. The maximum absolute atomic E-state index is 13.0. The lowest BCUT2D eigenvalue weighted by molar-refractivity contribution is 0.624. The minimum atomic E-state index is -0.175. The zero-order chi connectivity index (χ0) is 11.3. The molecule has 0 radical (unpaired) electrons. The fraction of sp³-hybridized carbons (Fsp3) is 0.385. The van der Waals surface area contributed by atoms with Gasteiger partial charge in [-0.1, -0.05) is 26.0 Å². The first-order valence-electron chi connectivity index (χ1n) is 5.20. The summed E-state index contributed by atoms with van der Waals surface area (Å²) in [4.78, 5) is 0.983. The molecule has 0 spiro atoms. The van der Waals surface area contributed by atoms with Gasteiger partial charge in [0.15, 0.2) is 0 Å². The van der Waals surface area contributed by atoms with Crippen LogP contribution in [0.15, 0.2) is 29.7 Å². The van der Waals surface area contributed by atoms with E-state index in [1.54, 1.807) is 17.8 Å². The highest BCUT2D eigenvalue weighted by molar-refractivity contribution is 7.98. The van der Waals surface area contributed by atoms with Gasteiger partial charge < -0.3 is 0 Å². The molecule has 0 saturated carbocycles. The third-order valence-corrected chi connectivity index (χ3v) is 3.15. The van der Waals surface area contributed by atoms with Gasteiger partial charge in [-0.25, -0.2) is 4.39 Å². The lowest BCUT2D eigenvalue weighted by atomic mass is 10.0. The van der Waals surface area contributed by atoms with Crippen molar-refractivity contribution >= 4 is 17.3 Å². The van der Waals surface area contributed by atoms with Gasteiger partial charge in [0.2, 0.25) is 0 Å². The van der Waals surface area contributed by atoms with E-state index in [1.165, 1.54) is 6.07 Å². The van der Waals surface area contributed by atoms with E-state index in [4.69, 9.17) is 0 Å². The number of hydrogen-bond donors (Lipinski definition) is 0. The lowest BCUT2D eigenvalue weighted by Crippen LogP contribution is -1.88. The first-order valence-corrected chi connectivity index (χ1v) is 6.43. The van der Waals surface area contributed by atoms with Crippen LogP contribution < -0.4 is 0 Å². The first-order chi connectivity index (χ1) is 7.19. The van der Waals surface area contributed by atoms with Crippen LogP contribution in [0, 0.1) is 5.82 Å². The molecule has 0 bridgehead atoms. The van der Waals surface area contributed by atoms with E-state index in [-0.39, 0.29) is 5.82 Å². The molecular weight excluding hydrogens is 207 g/mol. The standard InChI is InChI=1S/C13H17FS/c1-4-5-6-10(2)12-8-7-11(14)9-13(12)15-3/h7-9H,2,4-6H2,1,3H3. The van der Waals surface area contributed by atoms with Gasteiger partial charge >= 0.3 is 0 Å². The second-order valence-corrected chi connectivity index (χ2v) is 4.40. The molecule has 0 aromatic heterocycles. The number of allylic oxidation sites excluding steroid dienone is 1. The lowest BCUT2D eigenvalue weighted by Gasteiger charge is -2.10. The zero-order valence-electron chi connectivity index (χ0n) is 9.35. The average Bonchev–Trinajstić information content (AvgIpc) is 2.25. The molecule has 15 heavy (non-hydrogen) atoms. The summed E-state index contributed by atoms with van der Waals surface area (Å²) in [5.74, 6) is -0.175. The van der Waals surface area contributed by atoms with Crippen molar-refractivity contribution in [1.82, 2.24) is 0 Å². The second kappa shape index (κ2) is 5.96.